The van der Waals surface area contributed by atoms with Crippen LogP contribution >= 0.6 is 0 Å². The molecule has 2 aromatic rings. The van der Waals surface area contributed by atoms with Crippen LogP contribution < -0.4 is 19.9 Å². The highest BCUT2D eigenvalue weighted by atomic mass is 16.5. The molecule has 1 fully saturated rings. The Morgan fingerprint density at radius 3 is 2.82 bits per heavy atom. The summed E-state index contributed by atoms with van der Waals surface area (Å²) in [4.78, 5) is 29.3. The molecule has 0 aliphatic carbocycles. The molecule has 2 aliphatic heterocycles. The zero-order chi connectivity index (χ0) is 19.7. The third kappa shape index (κ3) is 3.19. The number of anilines is 2. The molecule has 0 radical (unpaired) electrons. The number of fused-ring (bicyclic) bond motifs is 3. The second-order valence-electron chi connectivity index (χ2n) is 7.30. The van der Waals surface area contributed by atoms with E-state index < -0.39 is 0 Å². The van der Waals surface area contributed by atoms with Gasteiger partial charge >= 0.3 is 0 Å². The van der Waals surface area contributed by atoms with Crippen LogP contribution in [0.3, 0.4) is 0 Å². The summed E-state index contributed by atoms with van der Waals surface area (Å²) < 4.78 is 5.33. The molecular formula is C22H25N3O3. The highest BCUT2D eigenvalue weighted by molar-refractivity contribution is 6.07. The third-order valence-electron chi connectivity index (χ3n) is 5.66. The smallest absolute Gasteiger partial charge is 0.251 e. The van der Waals surface area contributed by atoms with Crippen LogP contribution in [0.1, 0.15) is 35.2 Å². The van der Waals surface area contributed by atoms with Crippen molar-refractivity contribution in [2.45, 2.75) is 31.8 Å². The lowest BCUT2D eigenvalue weighted by molar-refractivity contribution is -0.120. The average molecular weight is 379 g/mol. The summed E-state index contributed by atoms with van der Waals surface area (Å²) in [6.07, 6.45) is 3.07. The zero-order valence-electron chi connectivity index (χ0n) is 16.3. The van der Waals surface area contributed by atoms with Crippen LogP contribution in [-0.2, 0) is 11.3 Å². The van der Waals surface area contributed by atoms with Gasteiger partial charge in [0.15, 0.2) is 0 Å². The molecule has 1 N–H and O–H groups in total. The summed E-state index contributed by atoms with van der Waals surface area (Å²) in [6, 6.07) is 13.2. The van der Waals surface area contributed by atoms with Gasteiger partial charge in [0.05, 0.1) is 18.5 Å². The second-order valence-corrected chi connectivity index (χ2v) is 7.30. The monoisotopic (exact) mass is 379 g/mol. The first kappa shape index (κ1) is 18.3. The Balaban J connectivity index is 1.55. The van der Waals surface area contributed by atoms with Crippen molar-refractivity contribution in [2.75, 3.05) is 30.5 Å². The maximum Gasteiger partial charge on any atom is 0.251 e. The average Bonchev–Trinajstić information content (AvgIpc) is 2.75. The SMILES string of the molecule is COc1ccccc1CNC(=O)c1ccc2c(c1)N(C)C(=O)[C@@H]1CCCCN21. The fourth-order valence-electron chi connectivity index (χ4n) is 4.12. The number of methoxy groups -OCH3 is 1. The van der Waals surface area contributed by atoms with Gasteiger partial charge in [0.2, 0.25) is 5.91 Å². The van der Waals surface area contributed by atoms with E-state index in [2.05, 4.69) is 10.2 Å². The molecule has 1 atom stereocenters. The van der Waals surface area contributed by atoms with Gasteiger partial charge < -0.3 is 19.9 Å². The zero-order valence-corrected chi connectivity index (χ0v) is 16.3. The van der Waals surface area contributed by atoms with E-state index in [4.69, 9.17) is 4.74 Å². The summed E-state index contributed by atoms with van der Waals surface area (Å²) >= 11 is 0. The Morgan fingerprint density at radius 1 is 1.18 bits per heavy atom. The van der Waals surface area contributed by atoms with Crippen molar-refractivity contribution in [3.8, 4) is 5.75 Å². The fraction of sp³-hybridized carbons (Fsp3) is 0.364. The Hall–Kier alpha value is -3.02. The Kier molecular flexibility index (Phi) is 4.94. The van der Waals surface area contributed by atoms with Crippen molar-refractivity contribution in [1.29, 1.82) is 0 Å². The van der Waals surface area contributed by atoms with Gasteiger partial charge in [-0.3, -0.25) is 9.59 Å². The number of nitrogens with one attached hydrogen (secondary N) is 1. The number of rotatable bonds is 4. The molecule has 146 valence electrons. The molecule has 6 nitrogen and oxygen atoms in total. The van der Waals surface area contributed by atoms with E-state index in [1.165, 1.54) is 0 Å². The van der Waals surface area contributed by atoms with Crippen LogP contribution in [0.15, 0.2) is 42.5 Å². The second kappa shape index (κ2) is 7.54. The summed E-state index contributed by atoms with van der Waals surface area (Å²) in [5.74, 6) is 0.684. The number of ether oxygens (including phenoxy) is 1. The molecule has 1 saturated heterocycles. The van der Waals surface area contributed by atoms with Crippen LogP contribution in [0.25, 0.3) is 0 Å². The standard InChI is InChI=1S/C22H25N3O3/c1-24-19-13-15(21(26)23-14-16-7-3-4-9-20(16)28-2)10-11-17(19)25-12-6-5-8-18(25)22(24)27/h3-4,7,9-11,13,18H,5-6,8,12,14H2,1-2H3,(H,23,26)/t18-/m0/s1. The van der Waals surface area contributed by atoms with Crippen molar-refractivity contribution in [3.63, 3.8) is 0 Å². The lowest BCUT2D eigenvalue weighted by Gasteiger charge is -2.44. The number of hydrogen-bond donors (Lipinski definition) is 1. The molecule has 2 aromatic carbocycles. The van der Waals surface area contributed by atoms with E-state index >= 15 is 0 Å². The van der Waals surface area contributed by atoms with Crippen molar-refractivity contribution in [3.05, 3.63) is 53.6 Å². The first-order valence-corrected chi connectivity index (χ1v) is 9.68. The Bertz CT molecular complexity index is 912. The number of para-hydroxylation sites is 1. The molecule has 0 unspecified atom stereocenters. The van der Waals surface area contributed by atoms with Gasteiger partial charge in [0.1, 0.15) is 11.8 Å². The third-order valence-corrected chi connectivity index (χ3v) is 5.66. The highest BCUT2D eigenvalue weighted by Gasteiger charge is 2.37. The van der Waals surface area contributed by atoms with Crippen LogP contribution in [0.5, 0.6) is 5.75 Å². The number of likely N-dealkylation sites (N-methyl/N-ethyl adjacent to an activating group) is 1. The van der Waals surface area contributed by atoms with Crippen LogP contribution in [0, 0.1) is 0 Å². The Labute approximate surface area is 165 Å². The van der Waals surface area contributed by atoms with Gasteiger partial charge in [-0.25, -0.2) is 0 Å². The summed E-state index contributed by atoms with van der Waals surface area (Å²) in [6.45, 7) is 1.26. The highest BCUT2D eigenvalue weighted by Crippen LogP contribution is 2.39. The molecular weight excluding hydrogens is 354 g/mol. The minimum absolute atomic E-state index is 0.0727. The largest absolute Gasteiger partial charge is 0.496 e. The summed E-state index contributed by atoms with van der Waals surface area (Å²) in [5.41, 5.74) is 3.30. The van der Waals surface area contributed by atoms with Crippen molar-refractivity contribution in [2.24, 2.45) is 0 Å². The number of nitrogens with zero attached hydrogens (tertiary/aromatic N) is 2. The number of hydrogen-bond acceptors (Lipinski definition) is 4. The number of benzene rings is 2. The lowest BCUT2D eigenvalue weighted by Crippen LogP contribution is -2.54. The fourth-order valence-corrected chi connectivity index (χ4v) is 4.12. The quantitative estimate of drug-likeness (QED) is 0.887. The first-order valence-electron chi connectivity index (χ1n) is 9.68. The molecule has 0 spiro atoms. The van der Waals surface area contributed by atoms with Gasteiger partial charge in [-0.15, -0.1) is 0 Å². The minimum atomic E-state index is -0.171. The molecule has 2 heterocycles. The normalized spacial score (nSPS) is 18.4. The predicted octanol–water partition coefficient (Wildman–Crippen LogP) is 2.96. The van der Waals surface area contributed by atoms with Crippen LogP contribution in [0.2, 0.25) is 0 Å². The van der Waals surface area contributed by atoms with Crippen LogP contribution in [-0.4, -0.2) is 38.6 Å². The molecule has 6 heteroatoms. The van der Waals surface area contributed by atoms with Crippen molar-refractivity contribution >= 4 is 23.2 Å². The van der Waals surface area contributed by atoms with E-state index in [0.29, 0.717) is 12.1 Å². The molecule has 0 saturated carbocycles. The van der Waals surface area contributed by atoms with Crippen LogP contribution in [0.4, 0.5) is 11.4 Å². The molecule has 28 heavy (non-hydrogen) atoms. The van der Waals surface area contributed by atoms with Crippen molar-refractivity contribution < 1.29 is 14.3 Å². The Morgan fingerprint density at radius 2 is 2.00 bits per heavy atom. The predicted molar refractivity (Wildman–Crippen MR) is 109 cm³/mol. The van der Waals surface area contributed by atoms with Gasteiger partial charge in [-0.2, -0.15) is 0 Å². The molecule has 0 aromatic heterocycles. The van der Waals surface area contributed by atoms with E-state index in [1.807, 2.05) is 42.5 Å². The van der Waals surface area contributed by atoms with E-state index in [-0.39, 0.29) is 17.9 Å². The summed E-state index contributed by atoms with van der Waals surface area (Å²) in [5, 5.41) is 2.94. The van der Waals surface area contributed by atoms with E-state index in [1.54, 1.807) is 19.1 Å². The number of amides is 2. The van der Waals surface area contributed by atoms with Gasteiger partial charge in [0.25, 0.3) is 5.91 Å². The number of carbonyl (C=O) groups excluding carboxylic acids is 2. The molecule has 2 amide bonds. The van der Waals surface area contributed by atoms with E-state index in [0.717, 1.165) is 48.5 Å². The first-order chi connectivity index (χ1) is 13.6. The maximum absolute atomic E-state index is 12.8. The molecule has 4 rings (SSSR count). The van der Waals surface area contributed by atoms with Gasteiger partial charge in [0, 0.05) is 31.3 Å². The lowest BCUT2D eigenvalue weighted by atomic mass is 9.96. The van der Waals surface area contributed by atoms with E-state index in [9.17, 15) is 9.59 Å². The molecule has 0 bridgehead atoms. The number of piperidine rings is 1. The molecule has 2 aliphatic rings. The van der Waals surface area contributed by atoms with Gasteiger partial charge in [-0.05, 0) is 43.5 Å². The minimum Gasteiger partial charge on any atom is -0.496 e. The number of carbonyl (C=O) groups is 2. The van der Waals surface area contributed by atoms with Crippen molar-refractivity contribution in [1.82, 2.24) is 5.32 Å². The summed E-state index contributed by atoms with van der Waals surface area (Å²) in [7, 11) is 3.41. The topological polar surface area (TPSA) is 61.9 Å². The maximum atomic E-state index is 12.8. The van der Waals surface area contributed by atoms with Gasteiger partial charge in [-0.1, -0.05) is 18.2 Å².